The first kappa shape index (κ1) is 16.1. The number of aliphatic carboxylic acids is 1. The van der Waals surface area contributed by atoms with Crippen molar-refractivity contribution in [1.82, 2.24) is 0 Å². The molecule has 2 heteroatoms. The maximum Gasteiger partial charge on any atom is 0.309 e. The van der Waals surface area contributed by atoms with Gasteiger partial charge in [0.1, 0.15) is 0 Å². The predicted molar refractivity (Wildman–Crippen MR) is 99.0 cm³/mol. The van der Waals surface area contributed by atoms with Crippen molar-refractivity contribution in [2.75, 3.05) is 0 Å². The largest absolute Gasteiger partial charge is 0.481 e. The third kappa shape index (κ3) is 2.32. The molecule has 5 aliphatic rings. The summed E-state index contributed by atoms with van der Waals surface area (Å²) in [6.45, 7) is 0. The van der Waals surface area contributed by atoms with E-state index in [1.54, 1.807) is 5.57 Å². The van der Waals surface area contributed by atoms with E-state index in [2.05, 4.69) is 18.2 Å². The Morgan fingerprint density at radius 1 is 1.04 bits per heavy atom. The zero-order valence-electron chi connectivity index (χ0n) is 15.3. The van der Waals surface area contributed by atoms with Gasteiger partial charge in [0.15, 0.2) is 0 Å². The van der Waals surface area contributed by atoms with Crippen LogP contribution in [0.1, 0.15) is 70.6 Å². The highest BCUT2D eigenvalue weighted by Crippen LogP contribution is 2.61. The van der Waals surface area contributed by atoms with Gasteiger partial charge < -0.3 is 5.11 Å². The molecule has 2 nitrogen and oxygen atoms in total. The molecule has 1 N–H and O–H groups in total. The minimum absolute atomic E-state index is 0.382. The molecule has 0 saturated heterocycles. The zero-order chi connectivity index (χ0) is 17.0. The van der Waals surface area contributed by atoms with Crippen LogP contribution in [-0.2, 0) is 4.79 Å². The van der Waals surface area contributed by atoms with Gasteiger partial charge in [-0.15, -0.1) is 0 Å². The van der Waals surface area contributed by atoms with Gasteiger partial charge in [0.25, 0.3) is 0 Å². The molecule has 0 aromatic rings. The molecule has 0 aliphatic heterocycles. The minimum Gasteiger partial charge on any atom is -0.481 e. The van der Waals surface area contributed by atoms with Crippen LogP contribution in [-0.4, -0.2) is 11.1 Å². The topological polar surface area (TPSA) is 37.3 Å². The van der Waals surface area contributed by atoms with Gasteiger partial charge in [0, 0.05) is 5.92 Å². The number of fused-ring (bicyclic) bond motifs is 7. The maximum atomic E-state index is 12.2. The Morgan fingerprint density at radius 3 is 2.84 bits per heavy atom. The second-order valence-electron chi connectivity index (χ2n) is 9.59. The quantitative estimate of drug-likeness (QED) is 0.631. The number of carboxylic acids is 1. The first-order valence-electron chi connectivity index (χ1n) is 10.8. The van der Waals surface area contributed by atoms with Crippen LogP contribution in [0.25, 0.3) is 0 Å². The average molecular weight is 341 g/mol. The summed E-state index contributed by atoms with van der Waals surface area (Å²) < 4.78 is 0. The van der Waals surface area contributed by atoms with Gasteiger partial charge in [0.2, 0.25) is 0 Å². The second kappa shape index (κ2) is 5.99. The van der Waals surface area contributed by atoms with E-state index >= 15 is 0 Å². The Labute approximate surface area is 151 Å². The fourth-order valence-electron chi connectivity index (χ4n) is 7.77. The van der Waals surface area contributed by atoms with Gasteiger partial charge in [-0.25, -0.2) is 0 Å². The highest BCUT2D eigenvalue weighted by atomic mass is 16.4. The summed E-state index contributed by atoms with van der Waals surface area (Å²) in [7, 11) is 0. The summed E-state index contributed by atoms with van der Waals surface area (Å²) in [5.41, 5.74) is 1.37. The molecule has 7 atom stereocenters. The van der Waals surface area contributed by atoms with Crippen molar-refractivity contribution in [3.63, 3.8) is 0 Å². The van der Waals surface area contributed by atoms with E-state index in [0.29, 0.717) is 17.8 Å². The van der Waals surface area contributed by atoms with Crippen molar-refractivity contribution in [3.8, 4) is 0 Å². The maximum absolute atomic E-state index is 12.2. The molecule has 5 aliphatic carbocycles. The summed E-state index contributed by atoms with van der Waals surface area (Å²) in [5, 5.41) is 10.1. The first-order valence-corrected chi connectivity index (χ1v) is 10.8. The molecular weight excluding hydrogens is 308 g/mol. The van der Waals surface area contributed by atoms with Crippen LogP contribution in [0.4, 0.5) is 0 Å². The molecule has 3 fully saturated rings. The number of rotatable bonds is 1. The molecule has 136 valence electrons. The Hall–Kier alpha value is -1.05. The van der Waals surface area contributed by atoms with Crippen molar-refractivity contribution >= 4 is 5.97 Å². The molecular formula is C23H32O2. The smallest absolute Gasteiger partial charge is 0.309 e. The molecule has 3 saturated carbocycles. The minimum atomic E-state index is -0.482. The molecule has 7 unspecified atom stereocenters. The summed E-state index contributed by atoms with van der Waals surface area (Å²) in [6.07, 6.45) is 20.7. The monoisotopic (exact) mass is 340 g/mol. The van der Waals surface area contributed by atoms with Gasteiger partial charge >= 0.3 is 5.97 Å². The Morgan fingerprint density at radius 2 is 1.96 bits per heavy atom. The van der Waals surface area contributed by atoms with Crippen LogP contribution in [0.2, 0.25) is 0 Å². The predicted octanol–water partition coefficient (Wildman–Crippen LogP) is 5.60. The normalized spacial score (nSPS) is 48.4. The number of carboxylic acid groups (broad SMARTS) is 1. The van der Waals surface area contributed by atoms with Gasteiger partial charge in [-0.1, -0.05) is 36.6 Å². The molecule has 0 aromatic carbocycles. The molecule has 0 aromatic heterocycles. The molecule has 5 rings (SSSR count). The Kier molecular flexibility index (Phi) is 3.87. The van der Waals surface area contributed by atoms with Crippen molar-refractivity contribution in [2.24, 2.45) is 40.9 Å². The molecule has 0 radical (unpaired) electrons. The van der Waals surface area contributed by atoms with E-state index in [1.165, 1.54) is 32.1 Å². The molecule has 25 heavy (non-hydrogen) atoms. The van der Waals surface area contributed by atoms with Crippen LogP contribution in [0.3, 0.4) is 0 Å². The summed E-state index contributed by atoms with van der Waals surface area (Å²) in [6, 6.07) is 0. The lowest BCUT2D eigenvalue weighted by atomic mass is 9.47. The van der Waals surface area contributed by atoms with E-state index in [0.717, 1.165) is 56.3 Å². The number of hydrogen-bond acceptors (Lipinski definition) is 1. The van der Waals surface area contributed by atoms with E-state index in [-0.39, 0.29) is 5.41 Å². The van der Waals surface area contributed by atoms with Crippen LogP contribution in [0.15, 0.2) is 23.8 Å². The third-order valence-corrected chi connectivity index (χ3v) is 8.87. The first-order chi connectivity index (χ1) is 12.2. The zero-order valence-corrected chi connectivity index (χ0v) is 15.3. The molecule has 0 bridgehead atoms. The number of carbonyl (C=O) groups is 1. The standard InChI is InChI=1S/C23H32O2/c24-22(25)23-13-4-3-7-21(23)20-11-10-17-16-6-2-1-5-15(16)8-9-18(17)19(20)12-14-23/h2,6,10,15-16,18-21H,1,3-5,7-9,11-14H2,(H,24,25). The van der Waals surface area contributed by atoms with Crippen molar-refractivity contribution in [1.29, 1.82) is 0 Å². The van der Waals surface area contributed by atoms with Crippen molar-refractivity contribution < 1.29 is 9.90 Å². The van der Waals surface area contributed by atoms with Gasteiger partial charge in [-0.3, -0.25) is 4.79 Å². The summed E-state index contributed by atoms with van der Waals surface area (Å²) in [4.78, 5) is 12.2. The van der Waals surface area contributed by atoms with Gasteiger partial charge in [-0.2, -0.15) is 0 Å². The van der Waals surface area contributed by atoms with Crippen molar-refractivity contribution in [3.05, 3.63) is 23.8 Å². The highest BCUT2D eigenvalue weighted by molar-refractivity contribution is 5.75. The Balaban J connectivity index is 1.47. The van der Waals surface area contributed by atoms with E-state index < -0.39 is 5.97 Å². The number of allylic oxidation sites excluding steroid dienone is 4. The lowest BCUT2D eigenvalue weighted by molar-refractivity contribution is -0.165. The van der Waals surface area contributed by atoms with Crippen molar-refractivity contribution in [2.45, 2.75) is 70.6 Å². The van der Waals surface area contributed by atoms with Gasteiger partial charge in [-0.05, 0) is 87.4 Å². The average Bonchev–Trinajstić information content (AvgIpc) is 2.66. The lowest BCUT2D eigenvalue weighted by Crippen LogP contribution is -2.52. The Bertz CT molecular complexity index is 618. The molecule has 0 spiro atoms. The molecule has 0 heterocycles. The highest BCUT2D eigenvalue weighted by Gasteiger charge is 2.57. The third-order valence-electron chi connectivity index (χ3n) is 8.87. The summed E-state index contributed by atoms with van der Waals surface area (Å²) >= 11 is 0. The molecule has 0 amide bonds. The summed E-state index contributed by atoms with van der Waals surface area (Å²) in [5.74, 6) is 3.73. The van der Waals surface area contributed by atoms with E-state index in [9.17, 15) is 9.90 Å². The SMILES string of the molecule is O=C(O)C12CCCCC1C1CC=C3C4C=CCCC4CCC3C1CC2. The number of hydrogen-bond donors (Lipinski definition) is 1. The lowest BCUT2D eigenvalue weighted by Gasteiger charge is -2.56. The van der Waals surface area contributed by atoms with Crippen LogP contribution < -0.4 is 0 Å². The fourth-order valence-corrected chi connectivity index (χ4v) is 7.77. The second-order valence-corrected chi connectivity index (χ2v) is 9.59. The van der Waals surface area contributed by atoms with E-state index in [4.69, 9.17) is 0 Å². The van der Waals surface area contributed by atoms with Crippen LogP contribution in [0.5, 0.6) is 0 Å². The van der Waals surface area contributed by atoms with E-state index in [1.807, 2.05) is 0 Å². The van der Waals surface area contributed by atoms with Crippen LogP contribution in [0, 0.1) is 40.9 Å². The van der Waals surface area contributed by atoms with Crippen LogP contribution >= 0.6 is 0 Å². The fraction of sp³-hybridized carbons (Fsp3) is 0.783. The van der Waals surface area contributed by atoms with Gasteiger partial charge in [0.05, 0.1) is 5.41 Å².